The van der Waals surface area contributed by atoms with Crippen LogP contribution in [0.4, 0.5) is 13.2 Å². The van der Waals surface area contributed by atoms with E-state index in [9.17, 15) is 18.3 Å². The molecule has 0 bridgehead atoms. The first kappa shape index (κ1) is 11.4. The molecule has 0 saturated heterocycles. The summed E-state index contributed by atoms with van der Waals surface area (Å²) < 4.78 is 35.1. The Bertz CT molecular complexity index is 230. The van der Waals surface area contributed by atoms with Crippen molar-refractivity contribution in [1.29, 1.82) is 0 Å². The first-order chi connectivity index (χ1) is 6.49. The molecule has 1 atom stereocenters. The molecule has 0 amide bonds. The Morgan fingerprint density at radius 1 is 1.14 bits per heavy atom. The summed E-state index contributed by atoms with van der Waals surface area (Å²) in [6, 6.07) is 0. The smallest absolute Gasteiger partial charge is 0.380 e. The fourth-order valence-electron chi connectivity index (χ4n) is 1.72. The summed E-state index contributed by atoms with van der Waals surface area (Å²) >= 11 is 0. The molecule has 1 aliphatic rings. The lowest BCUT2D eigenvalue weighted by molar-refractivity contribution is -0.0701. The van der Waals surface area contributed by atoms with Crippen LogP contribution in [0, 0.1) is 17.8 Å². The Kier molecular flexibility index (Phi) is 3.82. The maximum Gasteiger partial charge on any atom is 0.457 e. The van der Waals surface area contributed by atoms with Crippen molar-refractivity contribution in [3.05, 3.63) is 0 Å². The second-order valence-corrected chi connectivity index (χ2v) is 3.61. The van der Waals surface area contributed by atoms with Gasteiger partial charge in [-0.3, -0.25) is 0 Å². The number of hydrogen-bond donors (Lipinski definition) is 1. The Hall–Kier alpha value is -0.690. The summed E-state index contributed by atoms with van der Waals surface area (Å²) in [4.78, 5) is 0. The van der Waals surface area contributed by atoms with Crippen LogP contribution in [-0.2, 0) is 0 Å². The molecule has 1 fully saturated rings. The monoisotopic (exact) mass is 206 g/mol. The number of halogens is 3. The molecule has 0 aromatic heterocycles. The van der Waals surface area contributed by atoms with Crippen LogP contribution in [0.25, 0.3) is 0 Å². The zero-order valence-corrected chi connectivity index (χ0v) is 7.77. The molecule has 0 heterocycles. The predicted octanol–water partition coefficient (Wildman–Crippen LogP) is 2.49. The molecular formula is C10H13F3O. The van der Waals surface area contributed by atoms with Crippen LogP contribution >= 0.6 is 0 Å². The van der Waals surface area contributed by atoms with Crippen molar-refractivity contribution in [2.24, 2.45) is 5.92 Å². The Labute approximate surface area is 81.3 Å². The van der Waals surface area contributed by atoms with E-state index < -0.39 is 12.3 Å². The lowest BCUT2D eigenvalue weighted by Gasteiger charge is -2.23. The highest BCUT2D eigenvalue weighted by Gasteiger charge is 2.25. The van der Waals surface area contributed by atoms with Crippen molar-refractivity contribution < 1.29 is 18.3 Å². The molecule has 0 aliphatic heterocycles. The van der Waals surface area contributed by atoms with Crippen molar-refractivity contribution in [2.75, 3.05) is 0 Å². The number of aliphatic hydroxyl groups excluding tert-OH is 1. The molecule has 0 spiro atoms. The van der Waals surface area contributed by atoms with Crippen LogP contribution < -0.4 is 0 Å². The van der Waals surface area contributed by atoms with Gasteiger partial charge in [0.1, 0.15) is 6.10 Å². The van der Waals surface area contributed by atoms with E-state index in [4.69, 9.17) is 0 Å². The van der Waals surface area contributed by atoms with Gasteiger partial charge in [0, 0.05) is 5.92 Å². The molecule has 14 heavy (non-hydrogen) atoms. The standard InChI is InChI=1S/C10H13F3O/c11-10(12,13)7-6-9(14)8-4-2-1-3-5-8/h8-9,14H,1-5H2. The van der Waals surface area contributed by atoms with Gasteiger partial charge in [0.05, 0.1) is 0 Å². The van der Waals surface area contributed by atoms with Crippen LogP contribution in [0.1, 0.15) is 32.1 Å². The van der Waals surface area contributed by atoms with Gasteiger partial charge in [-0.15, -0.1) is 0 Å². The zero-order valence-electron chi connectivity index (χ0n) is 7.77. The molecule has 0 aromatic rings. The fourth-order valence-corrected chi connectivity index (χ4v) is 1.72. The lowest BCUT2D eigenvalue weighted by atomic mass is 9.85. The first-order valence-corrected chi connectivity index (χ1v) is 4.76. The third-order valence-corrected chi connectivity index (χ3v) is 2.46. The molecule has 0 radical (unpaired) electrons. The molecule has 1 saturated carbocycles. The summed E-state index contributed by atoms with van der Waals surface area (Å²) in [7, 11) is 0. The van der Waals surface area contributed by atoms with Gasteiger partial charge in [-0.25, -0.2) is 0 Å². The average molecular weight is 206 g/mol. The second-order valence-electron chi connectivity index (χ2n) is 3.61. The summed E-state index contributed by atoms with van der Waals surface area (Å²) in [6.07, 6.45) is -0.963. The minimum atomic E-state index is -4.49. The third-order valence-electron chi connectivity index (χ3n) is 2.46. The summed E-state index contributed by atoms with van der Waals surface area (Å²) in [5.41, 5.74) is 0. The summed E-state index contributed by atoms with van der Waals surface area (Å²) in [6.45, 7) is 0. The van der Waals surface area contributed by atoms with Crippen molar-refractivity contribution in [1.82, 2.24) is 0 Å². The Morgan fingerprint density at radius 3 is 2.21 bits per heavy atom. The normalized spacial score (nSPS) is 21.1. The van der Waals surface area contributed by atoms with Crippen LogP contribution in [0.15, 0.2) is 0 Å². The topological polar surface area (TPSA) is 20.2 Å². The molecule has 0 aromatic carbocycles. The van der Waals surface area contributed by atoms with Crippen LogP contribution in [0.5, 0.6) is 0 Å². The van der Waals surface area contributed by atoms with Crippen LogP contribution in [-0.4, -0.2) is 17.4 Å². The molecule has 1 nitrogen and oxygen atoms in total. The quantitative estimate of drug-likeness (QED) is 0.653. The van der Waals surface area contributed by atoms with Gasteiger partial charge >= 0.3 is 6.18 Å². The molecule has 1 aliphatic carbocycles. The maximum absolute atomic E-state index is 11.7. The first-order valence-electron chi connectivity index (χ1n) is 4.76. The minimum Gasteiger partial charge on any atom is -0.380 e. The van der Waals surface area contributed by atoms with Gasteiger partial charge < -0.3 is 5.11 Å². The van der Waals surface area contributed by atoms with Gasteiger partial charge in [0.25, 0.3) is 0 Å². The van der Waals surface area contributed by atoms with E-state index >= 15 is 0 Å². The number of alkyl halides is 3. The zero-order chi connectivity index (χ0) is 10.6. The van der Waals surface area contributed by atoms with Gasteiger partial charge in [-0.2, -0.15) is 13.2 Å². The molecule has 1 rings (SSSR count). The summed E-state index contributed by atoms with van der Waals surface area (Å²) in [5, 5.41) is 9.36. The van der Waals surface area contributed by atoms with E-state index in [0.29, 0.717) is 0 Å². The average Bonchev–Trinajstić information content (AvgIpc) is 2.14. The molecular weight excluding hydrogens is 193 g/mol. The predicted molar refractivity (Wildman–Crippen MR) is 46.4 cm³/mol. The molecule has 80 valence electrons. The number of rotatable bonds is 1. The third kappa shape index (κ3) is 4.01. The fraction of sp³-hybridized carbons (Fsp3) is 0.800. The van der Waals surface area contributed by atoms with E-state index in [1.54, 1.807) is 0 Å². The Balaban J connectivity index is 2.46. The Morgan fingerprint density at radius 2 is 1.71 bits per heavy atom. The van der Waals surface area contributed by atoms with Crippen LogP contribution in [0.3, 0.4) is 0 Å². The van der Waals surface area contributed by atoms with E-state index in [1.807, 2.05) is 5.92 Å². The van der Waals surface area contributed by atoms with Crippen molar-refractivity contribution >= 4 is 0 Å². The van der Waals surface area contributed by atoms with Crippen molar-refractivity contribution in [3.8, 4) is 11.8 Å². The van der Waals surface area contributed by atoms with Crippen molar-refractivity contribution in [3.63, 3.8) is 0 Å². The lowest BCUT2D eigenvalue weighted by Crippen LogP contribution is -2.21. The highest BCUT2D eigenvalue weighted by atomic mass is 19.4. The maximum atomic E-state index is 11.7. The van der Waals surface area contributed by atoms with Crippen molar-refractivity contribution in [2.45, 2.75) is 44.4 Å². The van der Waals surface area contributed by atoms with E-state index in [-0.39, 0.29) is 5.92 Å². The molecule has 4 heteroatoms. The van der Waals surface area contributed by atoms with Gasteiger partial charge in [0.15, 0.2) is 0 Å². The SMILES string of the molecule is OC(C#CC(F)(F)F)C1CCCCC1. The van der Waals surface area contributed by atoms with E-state index in [1.165, 1.54) is 0 Å². The van der Waals surface area contributed by atoms with Crippen LogP contribution in [0.2, 0.25) is 0 Å². The van der Waals surface area contributed by atoms with Gasteiger partial charge in [0.2, 0.25) is 0 Å². The van der Waals surface area contributed by atoms with Gasteiger partial charge in [-0.05, 0) is 18.8 Å². The summed E-state index contributed by atoms with van der Waals surface area (Å²) in [5.74, 6) is 2.92. The minimum absolute atomic E-state index is 0.0707. The second kappa shape index (κ2) is 4.70. The number of aliphatic hydroxyl groups is 1. The largest absolute Gasteiger partial charge is 0.457 e. The molecule has 1 unspecified atom stereocenters. The molecule has 1 N–H and O–H groups in total. The highest BCUT2D eigenvalue weighted by Crippen LogP contribution is 2.26. The van der Waals surface area contributed by atoms with E-state index in [0.717, 1.165) is 38.0 Å². The van der Waals surface area contributed by atoms with Gasteiger partial charge in [-0.1, -0.05) is 25.2 Å². The number of hydrogen-bond acceptors (Lipinski definition) is 1. The highest BCUT2D eigenvalue weighted by molar-refractivity contribution is 5.10. The van der Waals surface area contributed by atoms with E-state index in [2.05, 4.69) is 0 Å².